The van der Waals surface area contributed by atoms with E-state index >= 15 is 0 Å². The number of methoxy groups -OCH3 is 1. The second-order valence-electron chi connectivity index (χ2n) is 4.73. The number of benzene rings is 1. The fraction of sp³-hybridized carbons (Fsp3) is 0.429. The molecular formula is C14H20N2O3. The molecule has 0 saturated carbocycles. The van der Waals surface area contributed by atoms with Crippen LogP contribution in [0, 0.1) is 5.92 Å². The minimum absolute atomic E-state index is 0.0303. The molecule has 1 aromatic carbocycles. The molecule has 0 aliphatic carbocycles. The third-order valence-corrected chi connectivity index (χ3v) is 2.75. The molecule has 0 aromatic heterocycles. The molecule has 1 amide bonds. The molecule has 1 rings (SSSR count). The number of nitrogens with one attached hydrogen (secondary N) is 1. The van der Waals surface area contributed by atoms with E-state index in [1.807, 2.05) is 19.9 Å². The first-order chi connectivity index (χ1) is 8.93. The Kier molecular flexibility index (Phi) is 5.36. The molecule has 3 N–H and O–H groups in total. The van der Waals surface area contributed by atoms with Gasteiger partial charge in [-0.25, -0.2) is 4.79 Å². The monoisotopic (exact) mass is 264 g/mol. The van der Waals surface area contributed by atoms with Crippen LogP contribution in [0.5, 0.6) is 0 Å². The Balaban J connectivity index is 2.65. The standard InChI is InChI=1S/C14H20N2O3/c1-9(2)13(14(18)19-3)16-12(17)8-10-5-4-6-11(15)7-10/h4-7,9,13H,8,15H2,1-3H3,(H,16,17)/t13-/m0/s1. The van der Waals surface area contributed by atoms with Crippen LogP contribution in [0.1, 0.15) is 19.4 Å². The summed E-state index contributed by atoms with van der Waals surface area (Å²) < 4.78 is 4.67. The molecule has 0 spiro atoms. The Bertz CT molecular complexity index is 458. The second kappa shape index (κ2) is 6.78. The number of nitrogen functional groups attached to an aromatic ring is 1. The molecule has 1 aromatic rings. The molecule has 19 heavy (non-hydrogen) atoms. The van der Waals surface area contributed by atoms with E-state index in [2.05, 4.69) is 10.1 Å². The Morgan fingerprint density at radius 3 is 2.58 bits per heavy atom. The smallest absolute Gasteiger partial charge is 0.328 e. The minimum Gasteiger partial charge on any atom is -0.467 e. The summed E-state index contributed by atoms with van der Waals surface area (Å²) >= 11 is 0. The molecule has 0 aliphatic rings. The van der Waals surface area contributed by atoms with Gasteiger partial charge in [0.15, 0.2) is 0 Å². The predicted molar refractivity (Wildman–Crippen MR) is 73.3 cm³/mol. The van der Waals surface area contributed by atoms with Crippen molar-refractivity contribution < 1.29 is 14.3 Å². The van der Waals surface area contributed by atoms with Gasteiger partial charge in [-0.1, -0.05) is 26.0 Å². The summed E-state index contributed by atoms with van der Waals surface area (Å²) in [6, 6.07) is 6.48. The average Bonchev–Trinajstić information content (AvgIpc) is 2.34. The van der Waals surface area contributed by atoms with Crippen molar-refractivity contribution in [2.24, 2.45) is 5.92 Å². The normalized spacial score (nSPS) is 12.0. The van der Waals surface area contributed by atoms with Gasteiger partial charge < -0.3 is 15.8 Å². The summed E-state index contributed by atoms with van der Waals surface area (Å²) in [6.07, 6.45) is 0.186. The first-order valence-corrected chi connectivity index (χ1v) is 6.15. The summed E-state index contributed by atoms with van der Waals surface area (Å²) in [5, 5.41) is 2.68. The average molecular weight is 264 g/mol. The number of hydrogen-bond acceptors (Lipinski definition) is 4. The number of hydrogen-bond donors (Lipinski definition) is 2. The number of esters is 1. The van der Waals surface area contributed by atoms with Gasteiger partial charge in [0.05, 0.1) is 13.5 Å². The van der Waals surface area contributed by atoms with Crippen molar-refractivity contribution in [3.05, 3.63) is 29.8 Å². The largest absolute Gasteiger partial charge is 0.467 e. The first kappa shape index (κ1) is 15.0. The van der Waals surface area contributed by atoms with Gasteiger partial charge in [0.25, 0.3) is 0 Å². The maximum Gasteiger partial charge on any atom is 0.328 e. The Morgan fingerprint density at radius 1 is 1.37 bits per heavy atom. The molecule has 0 unspecified atom stereocenters. The SMILES string of the molecule is COC(=O)[C@@H](NC(=O)Cc1cccc(N)c1)C(C)C. The highest BCUT2D eigenvalue weighted by molar-refractivity contribution is 5.85. The molecular weight excluding hydrogens is 244 g/mol. The molecule has 0 saturated heterocycles. The van der Waals surface area contributed by atoms with Gasteiger partial charge in [0, 0.05) is 5.69 Å². The number of nitrogens with two attached hydrogens (primary N) is 1. The maximum atomic E-state index is 11.9. The van der Waals surface area contributed by atoms with Crippen molar-refractivity contribution in [1.82, 2.24) is 5.32 Å². The van der Waals surface area contributed by atoms with Crippen LogP contribution in [0.2, 0.25) is 0 Å². The fourth-order valence-corrected chi connectivity index (χ4v) is 1.74. The molecule has 1 atom stereocenters. The summed E-state index contributed by atoms with van der Waals surface area (Å²) in [4.78, 5) is 23.4. The number of anilines is 1. The quantitative estimate of drug-likeness (QED) is 0.617. The van der Waals surface area contributed by atoms with E-state index in [-0.39, 0.29) is 18.2 Å². The van der Waals surface area contributed by atoms with Crippen LogP contribution >= 0.6 is 0 Å². The number of amides is 1. The van der Waals surface area contributed by atoms with Crippen molar-refractivity contribution in [3.8, 4) is 0 Å². The lowest BCUT2D eigenvalue weighted by atomic mass is 10.0. The van der Waals surface area contributed by atoms with E-state index in [0.29, 0.717) is 5.69 Å². The van der Waals surface area contributed by atoms with Crippen LogP contribution in [0.4, 0.5) is 5.69 Å². The third kappa shape index (κ3) is 4.62. The van der Waals surface area contributed by atoms with Crippen molar-refractivity contribution in [1.29, 1.82) is 0 Å². The van der Waals surface area contributed by atoms with Gasteiger partial charge in [-0.15, -0.1) is 0 Å². The topological polar surface area (TPSA) is 81.4 Å². The van der Waals surface area contributed by atoms with Gasteiger partial charge in [0.2, 0.25) is 5.91 Å². The van der Waals surface area contributed by atoms with Crippen molar-refractivity contribution in [2.45, 2.75) is 26.3 Å². The third-order valence-electron chi connectivity index (χ3n) is 2.75. The highest BCUT2D eigenvalue weighted by atomic mass is 16.5. The predicted octanol–water partition coefficient (Wildman–Crippen LogP) is 1.13. The number of rotatable bonds is 5. The van der Waals surface area contributed by atoms with Crippen LogP contribution in [-0.4, -0.2) is 25.0 Å². The van der Waals surface area contributed by atoms with Gasteiger partial charge in [-0.3, -0.25) is 4.79 Å². The number of ether oxygens (including phenoxy) is 1. The lowest BCUT2D eigenvalue weighted by Crippen LogP contribution is -2.45. The molecule has 0 heterocycles. The molecule has 0 bridgehead atoms. The second-order valence-corrected chi connectivity index (χ2v) is 4.73. The number of carbonyl (C=O) groups is 2. The summed E-state index contributed by atoms with van der Waals surface area (Å²) in [5.41, 5.74) is 7.07. The first-order valence-electron chi connectivity index (χ1n) is 6.15. The zero-order chi connectivity index (χ0) is 14.4. The van der Waals surface area contributed by atoms with Gasteiger partial charge >= 0.3 is 5.97 Å². The molecule has 104 valence electrons. The lowest BCUT2D eigenvalue weighted by molar-refractivity contribution is -0.146. The summed E-state index contributed by atoms with van der Waals surface area (Å²) in [6.45, 7) is 3.70. The highest BCUT2D eigenvalue weighted by Crippen LogP contribution is 2.08. The molecule has 0 fully saturated rings. The van der Waals surface area contributed by atoms with Crippen LogP contribution in [0.3, 0.4) is 0 Å². The van der Waals surface area contributed by atoms with Gasteiger partial charge in [0.1, 0.15) is 6.04 Å². The zero-order valence-electron chi connectivity index (χ0n) is 11.5. The van der Waals surface area contributed by atoms with E-state index in [9.17, 15) is 9.59 Å². The van der Waals surface area contributed by atoms with E-state index in [4.69, 9.17) is 5.73 Å². The molecule has 5 nitrogen and oxygen atoms in total. The maximum absolute atomic E-state index is 11.9. The molecule has 5 heteroatoms. The van der Waals surface area contributed by atoms with E-state index in [1.165, 1.54) is 7.11 Å². The highest BCUT2D eigenvalue weighted by Gasteiger charge is 2.24. The molecule has 0 radical (unpaired) electrons. The minimum atomic E-state index is -0.626. The zero-order valence-corrected chi connectivity index (χ0v) is 11.5. The Morgan fingerprint density at radius 2 is 2.05 bits per heavy atom. The summed E-state index contributed by atoms with van der Waals surface area (Å²) in [5.74, 6) is -0.692. The van der Waals surface area contributed by atoms with Gasteiger partial charge in [-0.05, 0) is 23.6 Å². The van der Waals surface area contributed by atoms with Crippen molar-refractivity contribution >= 4 is 17.6 Å². The van der Waals surface area contributed by atoms with Crippen LogP contribution in [0.25, 0.3) is 0 Å². The fourth-order valence-electron chi connectivity index (χ4n) is 1.74. The Labute approximate surface area is 113 Å². The van der Waals surface area contributed by atoms with Crippen LogP contribution < -0.4 is 11.1 Å². The molecule has 0 aliphatic heterocycles. The van der Waals surface area contributed by atoms with E-state index < -0.39 is 12.0 Å². The van der Waals surface area contributed by atoms with Crippen LogP contribution in [0.15, 0.2) is 24.3 Å². The van der Waals surface area contributed by atoms with Crippen LogP contribution in [-0.2, 0) is 20.7 Å². The van der Waals surface area contributed by atoms with Crippen molar-refractivity contribution in [2.75, 3.05) is 12.8 Å². The van der Waals surface area contributed by atoms with E-state index in [1.54, 1.807) is 18.2 Å². The van der Waals surface area contributed by atoms with Gasteiger partial charge in [-0.2, -0.15) is 0 Å². The number of carbonyl (C=O) groups excluding carboxylic acids is 2. The summed E-state index contributed by atoms with van der Waals surface area (Å²) in [7, 11) is 1.31. The van der Waals surface area contributed by atoms with Crippen molar-refractivity contribution in [3.63, 3.8) is 0 Å². The lowest BCUT2D eigenvalue weighted by Gasteiger charge is -2.19. The van der Waals surface area contributed by atoms with E-state index in [0.717, 1.165) is 5.56 Å². The Hall–Kier alpha value is -2.04.